The van der Waals surface area contributed by atoms with Crippen LogP contribution in [0.1, 0.15) is 18.7 Å². The molecule has 1 aliphatic rings. The van der Waals surface area contributed by atoms with Crippen molar-refractivity contribution in [3.8, 4) is 0 Å². The predicted molar refractivity (Wildman–Crippen MR) is 41.4 cm³/mol. The van der Waals surface area contributed by atoms with Gasteiger partial charge in [0.25, 0.3) is 0 Å². The lowest BCUT2D eigenvalue weighted by Gasteiger charge is -2.03. The van der Waals surface area contributed by atoms with E-state index in [2.05, 4.69) is 10.2 Å². The molecule has 2 N–H and O–H groups in total. The molecule has 1 aromatic rings. The molecule has 1 aromatic heterocycles. The molecule has 0 radical (unpaired) electrons. The zero-order valence-corrected chi connectivity index (χ0v) is 6.69. The van der Waals surface area contributed by atoms with Crippen molar-refractivity contribution in [1.82, 2.24) is 10.2 Å². The van der Waals surface area contributed by atoms with Crippen LogP contribution < -0.4 is 5.73 Å². The van der Waals surface area contributed by atoms with Gasteiger partial charge in [-0.05, 0) is 12.8 Å². The highest BCUT2D eigenvalue weighted by Crippen LogP contribution is 2.16. The van der Waals surface area contributed by atoms with Gasteiger partial charge in [-0.25, -0.2) is 0 Å². The summed E-state index contributed by atoms with van der Waals surface area (Å²) in [6.45, 7) is 0.842. The van der Waals surface area contributed by atoms with Gasteiger partial charge < -0.3 is 14.9 Å². The van der Waals surface area contributed by atoms with Gasteiger partial charge in [-0.2, -0.15) is 0 Å². The number of rotatable bonds is 2. The first-order valence-corrected chi connectivity index (χ1v) is 4.04. The molecule has 0 aliphatic carbocycles. The minimum atomic E-state index is 0.128. The van der Waals surface area contributed by atoms with Crippen molar-refractivity contribution in [1.29, 1.82) is 0 Å². The lowest BCUT2D eigenvalue weighted by Crippen LogP contribution is -2.08. The predicted octanol–water partition coefficient (Wildman–Crippen LogP) is 0.373. The van der Waals surface area contributed by atoms with Crippen molar-refractivity contribution < 1.29 is 9.15 Å². The molecule has 0 bridgehead atoms. The Hall–Kier alpha value is -1.10. The molecule has 1 atom stereocenters. The normalized spacial score (nSPS) is 23.2. The maximum Gasteiger partial charge on any atom is 0.312 e. The Morgan fingerprint density at radius 3 is 3.00 bits per heavy atom. The monoisotopic (exact) mass is 169 g/mol. The lowest BCUT2D eigenvalue weighted by molar-refractivity contribution is 0.106. The van der Waals surface area contributed by atoms with Gasteiger partial charge in [-0.3, -0.25) is 0 Å². The minimum absolute atomic E-state index is 0.128. The summed E-state index contributed by atoms with van der Waals surface area (Å²) in [5, 5.41) is 7.32. The SMILES string of the molecule is Nc1nnc(CC2CCCO2)o1. The Kier molecular flexibility index (Phi) is 1.95. The Morgan fingerprint density at radius 2 is 2.42 bits per heavy atom. The summed E-state index contributed by atoms with van der Waals surface area (Å²) in [7, 11) is 0. The number of anilines is 1. The summed E-state index contributed by atoms with van der Waals surface area (Å²) < 4.78 is 10.4. The zero-order valence-electron chi connectivity index (χ0n) is 6.69. The minimum Gasteiger partial charge on any atom is -0.408 e. The van der Waals surface area contributed by atoms with Crippen LogP contribution in [0.5, 0.6) is 0 Å². The van der Waals surface area contributed by atoms with E-state index in [1.54, 1.807) is 0 Å². The Labute approximate surface area is 69.9 Å². The molecule has 0 aromatic carbocycles. The number of hydrogen-bond donors (Lipinski definition) is 1. The molecular weight excluding hydrogens is 158 g/mol. The molecule has 5 heteroatoms. The molecule has 1 unspecified atom stereocenters. The average molecular weight is 169 g/mol. The van der Waals surface area contributed by atoms with Gasteiger partial charge >= 0.3 is 6.01 Å². The van der Waals surface area contributed by atoms with E-state index in [4.69, 9.17) is 14.9 Å². The zero-order chi connectivity index (χ0) is 8.39. The van der Waals surface area contributed by atoms with Gasteiger partial charge in [0.05, 0.1) is 12.5 Å². The van der Waals surface area contributed by atoms with Crippen molar-refractivity contribution in [3.63, 3.8) is 0 Å². The van der Waals surface area contributed by atoms with Gasteiger partial charge in [-0.15, -0.1) is 5.10 Å². The Morgan fingerprint density at radius 1 is 1.50 bits per heavy atom. The smallest absolute Gasteiger partial charge is 0.312 e. The quantitative estimate of drug-likeness (QED) is 0.692. The first-order chi connectivity index (χ1) is 5.84. The molecule has 66 valence electrons. The summed E-state index contributed by atoms with van der Waals surface area (Å²) in [5.74, 6) is 0.569. The van der Waals surface area contributed by atoms with Crippen molar-refractivity contribution in [2.24, 2.45) is 0 Å². The van der Waals surface area contributed by atoms with Gasteiger partial charge in [0.15, 0.2) is 0 Å². The second kappa shape index (κ2) is 3.10. The second-order valence-corrected chi connectivity index (χ2v) is 2.87. The average Bonchev–Trinajstić information content (AvgIpc) is 2.63. The van der Waals surface area contributed by atoms with Crippen LogP contribution in [0.15, 0.2) is 4.42 Å². The van der Waals surface area contributed by atoms with E-state index in [1.807, 2.05) is 0 Å². The van der Waals surface area contributed by atoms with Crippen LogP contribution in [0.2, 0.25) is 0 Å². The first-order valence-electron chi connectivity index (χ1n) is 4.04. The van der Waals surface area contributed by atoms with Crippen LogP contribution in [-0.2, 0) is 11.2 Å². The molecule has 5 nitrogen and oxygen atoms in total. The summed E-state index contributed by atoms with van der Waals surface area (Å²) >= 11 is 0. The van der Waals surface area contributed by atoms with Crippen molar-refractivity contribution in [2.45, 2.75) is 25.4 Å². The molecular formula is C7H11N3O2. The van der Waals surface area contributed by atoms with E-state index in [1.165, 1.54) is 0 Å². The molecule has 2 heterocycles. The molecule has 1 aliphatic heterocycles. The Bertz CT molecular complexity index is 255. The fourth-order valence-electron chi connectivity index (χ4n) is 1.35. The number of nitrogens with zero attached hydrogens (tertiary/aromatic N) is 2. The molecule has 0 saturated carbocycles. The highest BCUT2D eigenvalue weighted by Gasteiger charge is 2.18. The second-order valence-electron chi connectivity index (χ2n) is 2.87. The van der Waals surface area contributed by atoms with Crippen LogP contribution in [0, 0.1) is 0 Å². The highest BCUT2D eigenvalue weighted by molar-refractivity contribution is 5.05. The lowest BCUT2D eigenvalue weighted by atomic mass is 10.2. The largest absolute Gasteiger partial charge is 0.408 e. The first kappa shape index (κ1) is 7.54. The topological polar surface area (TPSA) is 74.2 Å². The molecule has 0 spiro atoms. The number of nitrogen functional groups attached to an aromatic ring is 1. The fraction of sp³-hybridized carbons (Fsp3) is 0.714. The number of aromatic nitrogens is 2. The number of ether oxygens (including phenoxy) is 1. The van der Waals surface area contributed by atoms with Crippen LogP contribution in [-0.4, -0.2) is 22.9 Å². The number of nitrogens with two attached hydrogens (primary N) is 1. The molecule has 2 rings (SSSR count). The van der Waals surface area contributed by atoms with Gasteiger partial charge in [-0.1, -0.05) is 5.10 Å². The summed E-state index contributed by atoms with van der Waals surface area (Å²) in [6, 6.07) is 0.128. The Balaban J connectivity index is 1.94. The number of hydrogen-bond acceptors (Lipinski definition) is 5. The third-order valence-electron chi connectivity index (χ3n) is 1.91. The van der Waals surface area contributed by atoms with E-state index in [-0.39, 0.29) is 12.1 Å². The standard InChI is InChI=1S/C7H11N3O2/c8-7-10-9-6(12-7)4-5-2-1-3-11-5/h5H,1-4H2,(H2,8,10). The molecule has 12 heavy (non-hydrogen) atoms. The molecule has 0 amide bonds. The molecule has 1 saturated heterocycles. The van der Waals surface area contributed by atoms with Gasteiger partial charge in [0.1, 0.15) is 0 Å². The van der Waals surface area contributed by atoms with E-state index in [0.717, 1.165) is 19.4 Å². The maximum absolute atomic E-state index is 5.40. The third kappa shape index (κ3) is 1.55. The summed E-state index contributed by atoms with van der Waals surface area (Å²) in [5.41, 5.74) is 5.27. The summed E-state index contributed by atoms with van der Waals surface area (Å²) in [4.78, 5) is 0. The van der Waals surface area contributed by atoms with Crippen LogP contribution >= 0.6 is 0 Å². The van der Waals surface area contributed by atoms with E-state index in [9.17, 15) is 0 Å². The fourth-order valence-corrected chi connectivity index (χ4v) is 1.35. The van der Waals surface area contributed by atoms with Crippen LogP contribution in [0.4, 0.5) is 6.01 Å². The van der Waals surface area contributed by atoms with Crippen molar-refractivity contribution >= 4 is 6.01 Å². The van der Waals surface area contributed by atoms with Crippen molar-refractivity contribution in [2.75, 3.05) is 12.3 Å². The van der Waals surface area contributed by atoms with Crippen LogP contribution in [0.25, 0.3) is 0 Å². The van der Waals surface area contributed by atoms with Crippen LogP contribution in [0.3, 0.4) is 0 Å². The maximum atomic E-state index is 5.40. The van der Waals surface area contributed by atoms with Gasteiger partial charge in [0, 0.05) is 6.61 Å². The van der Waals surface area contributed by atoms with E-state index < -0.39 is 0 Å². The summed E-state index contributed by atoms with van der Waals surface area (Å²) in [6.07, 6.45) is 3.12. The highest BCUT2D eigenvalue weighted by atomic mass is 16.5. The molecule has 1 fully saturated rings. The third-order valence-corrected chi connectivity index (χ3v) is 1.91. The van der Waals surface area contributed by atoms with Crippen molar-refractivity contribution in [3.05, 3.63) is 5.89 Å². The van der Waals surface area contributed by atoms with Gasteiger partial charge in [0.2, 0.25) is 5.89 Å². The van der Waals surface area contributed by atoms with E-state index >= 15 is 0 Å². The van der Waals surface area contributed by atoms with E-state index in [0.29, 0.717) is 12.3 Å².